The van der Waals surface area contributed by atoms with Gasteiger partial charge in [0, 0.05) is 6.04 Å². The first kappa shape index (κ1) is 13.7. The lowest BCUT2D eigenvalue weighted by atomic mass is 9.99. The number of hydrogen-bond acceptors (Lipinski definition) is 2. The minimum Gasteiger partial charge on any atom is -0.480 e. The van der Waals surface area contributed by atoms with Crippen LogP contribution in [0.3, 0.4) is 0 Å². The smallest absolute Gasteiger partial charge is 0.320 e. The van der Waals surface area contributed by atoms with Gasteiger partial charge in [0.25, 0.3) is 0 Å². The van der Waals surface area contributed by atoms with Gasteiger partial charge in [0.1, 0.15) is 6.04 Å². The maximum atomic E-state index is 10.7. The molecule has 0 aromatic heterocycles. The lowest BCUT2D eigenvalue weighted by Gasteiger charge is -2.18. The van der Waals surface area contributed by atoms with Gasteiger partial charge in [-0.2, -0.15) is 0 Å². The van der Waals surface area contributed by atoms with Gasteiger partial charge >= 0.3 is 5.97 Å². The number of benzene rings is 1. The van der Waals surface area contributed by atoms with Gasteiger partial charge in [-0.25, -0.2) is 0 Å². The van der Waals surface area contributed by atoms with E-state index >= 15 is 0 Å². The molecule has 0 fully saturated rings. The lowest BCUT2D eigenvalue weighted by molar-refractivity contribution is -0.139. The quantitative estimate of drug-likeness (QED) is 0.825. The van der Waals surface area contributed by atoms with Crippen molar-refractivity contribution in [3.05, 3.63) is 35.4 Å². The molecule has 3 heteroatoms. The molecule has 0 bridgehead atoms. The van der Waals surface area contributed by atoms with Gasteiger partial charge in [0.05, 0.1) is 0 Å². The highest BCUT2D eigenvalue weighted by Gasteiger charge is 2.14. The van der Waals surface area contributed by atoms with Crippen LogP contribution in [0.25, 0.3) is 0 Å². The molecule has 2 atom stereocenters. The van der Waals surface area contributed by atoms with Crippen molar-refractivity contribution in [2.45, 2.75) is 45.7 Å². The standard InChI is InChI=1S/C14H21NO2/c1-9(2)12-5-7-13(8-6-12)10(3)15-11(4)14(16)17/h5-11,15H,1-4H3,(H,16,17). The summed E-state index contributed by atoms with van der Waals surface area (Å²) in [6.07, 6.45) is 0. The molecule has 94 valence electrons. The normalized spacial score (nSPS) is 14.6. The fourth-order valence-corrected chi connectivity index (χ4v) is 1.71. The summed E-state index contributed by atoms with van der Waals surface area (Å²) in [6.45, 7) is 7.94. The summed E-state index contributed by atoms with van der Waals surface area (Å²) in [6, 6.07) is 7.83. The predicted octanol–water partition coefficient (Wildman–Crippen LogP) is 2.93. The van der Waals surface area contributed by atoms with Crippen LogP contribution in [0.1, 0.15) is 50.8 Å². The zero-order valence-electron chi connectivity index (χ0n) is 10.9. The first-order valence-corrected chi connectivity index (χ1v) is 6.00. The van der Waals surface area contributed by atoms with E-state index in [1.54, 1.807) is 6.92 Å². The summed E-state index contributed by atoms with van der Waals surface area (Å²) in [7, 11) is 0. The molecule has 2 unspecified atom stereocenters. The third kappa shape index (κ3) is 3.86. The fourth-order valence-electron chi connectivity index (χ4n) is 1.71. The van der Waals surface area contributed by atoms with Gasteiger partial charge in [0.15, 0.2) is 0 Å². The van der Waals surface area contributed by atoms with Crippen LogP contribution in [0.4, 0.5) is 0 Å². The molecule has 17 heavy (non-hydrogen) atoms. The summed E-state index contributed by atoms with van der Waals surface area (Å²) in [5.41, 5.74) is 2.41. The number of carboxylic acid groups (broad SMARTS) is 1. The molecule has 1 aromatic carbocycles. The van der Waals surface area contributed by atoms with Gasteiger partial charge in [-0.3, -0.25) is 10.1 Å². The Balaban J connectivity index is 2.69. The third-order valence-corrected chi connectivity index (χ3v) is 2.97. The van der Waals surface area contributed by atoms with E-state index in [0.717, 1.165) is 5.56 Å². The van der Waals surface area contributed by atoms with Crippen LogP contribution in [-0.4, -0.2) is 17.1 Å². The van der Waals surface area contributed by atoms with E-state index < -0.39 is 12.0 Å². The van der Waals surface area contributed by atoms with Crippen LogP contribution in [0.2, 0.25) is 0 Å². The number of rotatable bonds is 5. The zero-order valence-corrected chi connectivity index (χ0v) is 10.9. The highest BCUT2D eigenvalue weighted by atomic mass is 16.4. The molecular weight excluding hydrogens is 214 g/mol. The maximum absolute atomic E-state index is 10.7. The Morgan fingerprint density at radius 1 is 1.06 bits per heavy atom. The molecule has 0 heterocycles. The van der Waals surface area contributed by atoms with Crippen molar-refractivity contribution < 1.29 is 9.90 Å². The Hall–Kier alpha value is -1.35. The van der Waals surface area contributed by atoms with Crippen LogP contribution >= 0.6 is 0 Å². The summed E-state index contributed by atoms with van der Waals surface area (Å²) in [5, 5.41) is 11.9. The second kappa shape index (κ2) is 5.82. The first-order valence-electron chi connectivity index (χ1n) is 6.00. The van der Waals surface area contributed by atoms with E-state index in [2.05, 4.69) is 43.4 Å². The average molecular weight is 235 g/mol. The SMILES string of the molecule is CC(NC(C)c1ccc(C(C)C)cc1)C(=O)O. The lowest BCUT2D eigenvalue weighted by Crippen LogP contribution is -2.35. The van der Waals surface area contributed by atoms with Gasteiger partial charge < -0.3 is 5.11 Å². The third-order valence-electron chi connectivity index (χ3n) is 2.97. The monoisotopic (exact) mass is 235 g/mol. The van der Waals surface area contributed by atoms with E-state index in [1.165, 1.54) is 5.56 Å². The number of aliphatic carboxylic acids is 1. The minimum atomic E-state index is -0.823. The number of hydrogen-bond donors (Lipinski definition) is 2. The fraction of sp³-hybridized carbons (Fsp3) is 0.500. The van der Waals surface area contributed by atoms with E-state index in [-0.39, 0.29) is 6.04 Å². The van der Waals surface area contributed by atoms with Gasteiger partial charge in [-0.1, -0.05) is 38.1 Å². The van der Waals surface area contributed by atoms with E-state index in [9.17, 15) is 4.79 Å². The van der Waals surface area contributed by atoms with Crippen molar-refractivity contribution in [2.24, 2.45) is 0 Å². The molecule has 0 spiro atoms. The molecule has 1 aromatic rings. The summed E-state index contributed by atoms with van der Waals surface area (Å²) in [5.74, 6) is -0.305. The molecule has 0 aliphatic heterocycles. The van der Waals surface area contributed by atoms with Gasteiger partial charge in [-0.05, 0) is 30.9 Å². The highest BCUT2D eigenvalue weighted by Crippen LogP contribution is 2.18. The second-order valence-corrected chi connectivity index (χ2v) is 4.77. The molecular formula is C14H21NO2. The Bertz CT molecular complexity index is 370. The van der Waals surface area contributed by atoms with Crippen LogP contribution in [0.5, 0.6) is 0 Å². The Labute approximate surface area is 103 Å². The largest absolute Gasteiger partial charge is 0.480 e. The van der Waals surface area contributed by atoms with Gasteiger partial charge in [-0.15, -0.1) is 0 Å². The summed E-state index contributed by atoms with van der Waals surface area (Å²) >= 11 is 0. The van der Waals surface area contributed by atoms with E-state index in [4.69, 9.17) is 5.11 Å². The number of carbonyl (C=O) groups is 1. The number of nitrogens with one attached hydrogen (secondary N) is 1. The van der Waals surface area contributed by atoms with Crippen molar-refractivity contribution in [3.63, 3.8) is 0 Å². The van der Waals surface area contributed by atoms with Crippen molar-refractivity contribution in [1.82, 2.24) is 5.32 Å². The van der Waals surface area contributed by atoms with E-state index in [1.807, 2.05) is 6.92 Å². The van der Waals surface area contributed by atoms with Crippen molar-refractivity contribution in [3.8, 4) is 0 Å². The van der Waals surface area contributed by atoms with Crippen LogP contribution in [-0.2, 0) is 4.79 Å². The van der Waals surface area contributed by atoms with Crippen molar-refractivity contribution >= 4 is 5.97 Å². The molecule has 0 saturated heterocycles. The molecule has 0 aliphatic carbocycles. The molecule has 0 radical (unpaired) electrons. The zero-order chi connectivity index (χ0) is 13.0. The molecule has 3 nitrogen and oxygen atoms in total. The van der Waals surface area contributed by atoms with Gasteiger partial charge in [0.2, 0.25) is 0 Å². The molecule has 0 amide bonds. The first-order chi connectivity index (χ1) is 7.91. The summed E-state index contributed by atoms with van der Waals surface area (Å²) < 4.78 is 0. The minimum absolute atomic E-state index is 0.0438. The average Bonchev–Trinajstić information content (AvgIpc) is 2.28. The molecule has 0 aliphatic rings. The molecule has 2 N–H and O–H groups in total. The second-order valence-electron chi connectivity index (χ2n) is 4.77. The number of carboxylic acids is 1. The maximum Gasteiger partial charge on any atom is 0.320 e. The van der Waals surface area contributed by atoms with Crippen LogP contribution in [0, 0.1) is 0 Å². The topological polar surface area (TPSA) is 49.3 Å². The molecule has 0 saturated carbocycles. The highest BCUT2D eigenvalue weighted by molar-refractivity contribution is 5.72. The van der Waals surface area contributed by atoms with Crippen LogP contribution in [0.15, 0.2) is 24.3 Å². The Morgan fingerprint density at radius 3 is 1.94 bits per heavy atom. The predicted molar refractivity (Wildman–Crippen MR) is 69.2 cm³/mol. The Kier molecular flexibility index (Phi) is 4.70. The van der Waals surface area contributed by atoms with Crippen LogP contribution < -0.4 is 5.32 Å². The van der Waals surface area contributed by atoms with E-state index in [0.29, 0.717) is 5.92 Å². The van der Waals surface area contributed by atoms with Crippen molar-refractivity contribution in [1.29, 1.82) is 0 Å². The molecule has 1 rings (SSSR count). The Morgan fingerprint density at radius 2 is 1.53 bits per heavy atom. The van der Waals surface area contributed by atoms with Crippen molar-refractivity contribution in [2.75, 3.05) is 0 Å². The summed E-state index contributed by atoms with van der Waals surface area (Å²) in [4.78, 5) is 10.7.